The zero-order valence-electron chi connectivity index (χ0n) is 12.3. The van der Waals surface area contributed by atoms with Gasteiger partial charge in [-0.2, -0.15) is 0 Å². The minimum atomic E-state index is -0.540. The zero-order valence-corrected chi connectivity index (χ0v) is 13.9. The first kappa shape index (κ1) is 17.0. The van der Waals surface area contributed by atoms with Crippen molar-refractivity contribution in [2.24, 2.45) is 0 Å². The van der Waals surface area contributed by atoms with E-state index in [1.807, 2.05) is 30.3 Å². The summed E-state index contributed by atoms with van der Waals surface area (Å²) in [5, 5.41) is 2.62. The highest BCUT2D eigenvalue weighted by Gasteiger charge is 2.10. The van der Waals surface area contributed by atoms with Crippen molar-refractivity contribution in [2.45, 2.75) is 0 Å². The predicted molar refractivity (Wildman–Crippen MR) is 89.4 cm³/mol. The lowest BCUT2D eigenvalue weighted by Gasteiger charge is -2.08. The number of ether oxygens (including phenoxy) is 2. The maximum Gasteiger partial charge on any atom is 0.338 e. The van der Waals surface area contributed by atoms with Crippen LogP contribution in [0.25, 0.3) is 0 Å². The highest BCUT2D eigenvalue weighted by atomic mass is 79.9. The third kappa shape index (κ3) is 6.12. The molecule has 0 atom stereocenters. The number of rotatable bonds is 7. The zero-order chi connectivity index (χ0) is 16.5. The number of hydrogen-bond acceptors (Lipinski definition) is 4. The van der Waals surface area contributed by atoms with Gasteiger partial charge in [-0.1, -0.05) is 40.2 Å². The van der Waals surface area contributed by atoms with Gasteiger partial charge in [-0.05, 0) is 30.3 Å². The van der Waals surface area contributed by atoms with Crippen LogP contribution < -0.4 is 10.1 Å². The first-order valence-corrected chi connectivity index (χ1v) is 7.81. The van der Waals surface area contributed by atoms with Crippen molar-refractivity contribution in [3.63, 3.8) is 0 Å². The molecular formula is C17H16BrNO4. The molecule has 2 aromatic carbocycles. The van der Waals surface area contributed by atoms with Crippen LogP contribution >= 0.6 is 15.9 Å². The number of nitrogens with one attached hydrogen (secondary N) is 1. The summed E-state index contributed by atoms with van der Waals surface area (Å²) in [6.45, 7) is 0.355. The number of para-hydroxylation sites is 1. The Morgan fingerprint density at radius 3 is 2.57 bits per heavy atom. The van der Waals surface area contributed by atoms with Crippen molar-refractivity contribution < 1.29 is 19.1 Å². The fraction of sp³-hybridized carbons (Fsp3) is 0.176. The van der Waals surface area contributed by atoms with E-state index in [-0.39, 0.29) is 12.5 Å². The van der Waals surface area contributed by atoms with Crippen molar-refractivity contribution in [3.05, 3.63) is 64.6 Å². The summed E-state index contributed by atoms with van der Waals surface area (Å²) < 4.78 is 11.2. The van der Waals surface area contributed by atoms with Crippen LogP contribution in [0.1, 0.15) is 10.4 Å². The Bertz CT molecular complexity index is 661. The molecule has 0 saturated heterocycles. The van der Waals surface area contributed by atoms with Crippen LogP contribution in [-0.2, 0) is 9.53 Å². The van der Waals surface area contributed by atoms with E-state index >= 15 is 0 Å². The number of benzene rings is 2. The molecule has 0 fully saturated rings. The van der Waals surface area contributed by atoms with E-state index < -0.39 is 5.97 Å². The van der Waals surface area contributed by atoms with Gasteiger partial charge >= 0.3 is 5.97 Å². The molecule has 0 aliphatic carbocycles. The average molecular weight is 378 g/mol. The molecule has 120 valence electrons. The summed E-state index contributed by atoms with van der Waals surface area (Å²) in [5.41, 5.74) is 0.389. The fourth-order valence-electron chi connectivity index (χ4n) is 1.76. The number of halogens is 1. The van der Waals surface area contributed by atoms with Gasteiger partial charge in [-0.25, -0.2) is 4.79 Å². The van der Waals surface area contributed by atoms with Gasteiger partial charge in [0, 0.05) is 4.47 Å². The molecule has 0 aliphatic heterocycles. The minimum absolute atomic E-state index is 0.323. The molecule has 23 heavy (non-hydrogen) atoms. The highest BCUT2D eigenvalue weighted by Crippen LogP contribution is 2.12. The van der Waals surface area contributed by atoms with Gasteiger partial charge in [-0.15, -0.1) is 0 Å². The van der Waals surface area contributed by atoms with Crippen LogP contribution in [0.15, 0.2) is 59.1 Å². The Labute approximate surface area is 142 Å². The summed E-state index contributed by atoms with van der Waals surface area (Å²) >= 11 is 3.27. The van der Waals surface area contributed by atoms with Crippen molar-refractivity contribution in [1.82, 2.24) is 5.32 Å². The number of hydrogen-bond donors (Lipinski definition) is 1. The van der Waals surface area contributed by atoms with Crippen LogP contribution in [0.5, 0.6) is 5.75 Å². The Kier molecular flexibility index (Phi) is 6.62. The number of carbonyl (C=O) groups is 2. The van der Waals surface area contributed by atoms with Crippen LogP contribution in [0, 0.1) is 0 Å². The molecule has 6 heteroatoms. The summed E-state index contributed by atoms with van der Waals surface area (Å²) in [7, 11) is 0. The van der Waals surface area contributed by atoms with Crippen molar-refractivity contribution in [2.75, 3.05) is 19.8 Å². The molecule has 0 aromatic heterocycles. The molecule has 5 nitrogen and oxygen atoms in total. The van der Waals surface area contributed by atoms with Gasteiger partial charge in [0.15, 0.2) is 6.61 Å². The second kappa shape index (κ2) is 8.95. The standard InChI is InChI=1S/C17H16BrNO4/c18-14-6-4-5-13(11-14)17(21)23-12-16(20)19-9-10-22-15-7-2-1-3-8-15/h1-8,11H,9-10,12H2,(H,19,20). The number of carbonyl (C=O) groups excluding carboxylic acids is 2. The molecule has 0 bridgehead atoms. The molecule has 1 N–H and O–H groups in total. The monoisotopic (exact) mass is 377 g/mol. The third-order valence-electron chi connectivity index (χ3n) is 2.83. The van der Waals surface area contributed by atoms with Gasteiger partial charge in [-0.3, -0.25) is 4.79 Å². The quantitative estimate of drug-likeness (QED) is 0.595. The summed E-state index contributed by atoms with van der Waals surface area (Å²) in [6, 6.07) is 16.1. The number of esters is 1. The van der Waals surface area contributed by atoms with E-state index in [1.54, 1.807) is 24.3 Å². The van der Waals surface area contributed by atoms with E-state index in [0.717, 1.165) is 10.2 Å². The highest BCUT2D eigenvalue weighted by molar-refractivity contribution is 9.10. The smallest absolute Gasteiger partial charge is 0.338 e. The fourth-order valence-corrected chi connectivity index (χ4v) is 2.16. The maximum absolute atomic E-state index is 11.8. The molecule has 2 rings (SSSR count). The lowest BCUT2D eigenvalue weighted by atomic mass is 10.2. The molecule has 0 aliphatic rings. The lowest BCUT2D eigenvalue weighted by Crippen LogP contribution is -2.32. The van der Waals surface area contributed by atoms with Crippen LogP contribution in [0.4, 0.5) is 0 Å². The number of amides is 1. The summed E-state index contributed by atoms with van der Waals surface area (Å²) in [4.78, 5) is 23.4. The Hall–Kier alpha value is -2.34. The van der Waals surface area contributed by atoms with Crippen molar-refractivity contribution >= 4 is 27.8 Å². The topological polar surface area (TPSA) is 64.6 Å². The SMILES string of the molecule is O=C(COC(=O)c1cccc(Br)c1)NCCOc1ccccc1. The van der Waals surface area contributed by atoms with Gasteiger partial charge in [0.1, 0.15) is 12.4 Å². The van der Waals surface area contributed by atoms with Crippen molar-refractivity contribution in [1.29, 1.82) is 0 Å². The Morgan fingerprint density at radius 2 is 1.83 bits per heavy atom. The molecule has 1 amide bonds. The second-order valence-corrected chi connectivity index (χ2v) is 5.51. The summed E-state index contributed by atoms with van der Waals surface area (Å²) in [5.74, 6) is -0.171. The minimum Gasteiger partial charge on any atom is -0.492 e. The molecule has 0 heterocycles. The molecule has 2 aromatic rings. The second-order valence-electron chi connectivity index (χ2n) is 4.60. The van der Waals surface area contributed by atoms with Crippen LogP contribution in [0.2, 0.25) is 0 Å². The lowest BCUT2D eigenvalue weighted by molar-refractivity contribution is -0.124. The van der Waals surface area contributed by atoms with E-state index in [4.69, 9.17) is 9.47 Å². The van der Waals surface area contributed by atoms with E-state index in [9.17, 15) is 9.59 Å². The maximum atomic E-state index is 11.8. The average Bonchev–Trinajstić information content (AvgIpc) is 2.57. The molecule has 0 radical (unpaired) electrons. The Balaban J connectivity index is 1.64. The molecule has 0 spiro atoms. The van der Waals surface area contributed by atoms with Crippen LogP contribution in [-0.4, -0.2) is 31.6 Å². The Morgan fingerprint density at radius 1 is 1.04 bits per heavy atom. The van der Waals surface area contributed by atoms with Gasteiger partial charge in [0.25, 0.3) is 5.91 Å². The molecule has 0 saturated carbocycles. The van der Waals surface area contributed by atoms with Gasteiger partial charge < -0.3 is 14.8 Å². The summed E-state index contributed by atoms with van der Waals surface area (Å²) in [6.07, 6.45) is 0. The van der Waals surface area contributed by atoms with E-state index in [1.165, 1.54) is 0 Å². The molecule has 0 unspecified atom stereocenters. The van der Waals surface area contributed by atoms with E-state index in [2.05, 4.69) is 21.2 Å². The van der Waals surface area contributed by atoms with Crippen LogP contribution in [0.3, 0.4) is 0 Å². The first-order valence-electron chi connectivity index (χ1n) is 7.02. The third-order valence-corrected chi connectivity index (χ3v) is 3.32. The predicted octanol–water partition coefficient (Wildman–Crippen LogP) is 2.80. The first-order chi connectivity index (χ1) is 11.1. The van der Waals surface area contributed by atoms with E-state index in [0.29, 0.717) is 18.7 Å². The van der Waals surface area contributed by atoms with Gasteiger partial charge in [0.2, 0.25) is 0 Å². The largest absolute Gasteiger partial charge is 0.492 e. The normalized spacial score (nSPS) is 9.96. The van der Waals surface area contributed by atoms with Gasteiger partial charge in [0.05, 0.1) is 12.1 Å². The molecular weight excluding hydrogens is 362 g/mol. The van der Waals surface area contributed by atoms with Crippen molar-refractivity contribution in [3.8, 4) is 5.75 Å².